The molecule has 0 fully saturated rings. The number of aromatic carboxylic acids is 2. The fourth-order valence-electron chi connectivity index (χ4n) is 1.29. The molecule has 0 saturated carbocycles. The van der Waals surface area contributed by atoms with E-state index in [0.717, 1.165) is 6.07 Å². The van der Waals surface area contributed by atoms with E-state index in [0.29, 0.717) is 0 Å². The molecule has 1 aromatic rings. The Morgan fingerprint density at radius 3 is 1.61 bits per heavy atom. The van der Waals surface area contributed by atoms with Crippen LogP contribution in [0.1, 0.15) is 60.2 Å². The molecule has 0 aliphatic rings. The van der Waals surface area contributed by atoms with E-state index in [1.54, 1.807) is 0 Å². The zero-order valence-corrected chi connectivity index (χ0v) is 10.8. The van der Waals surface area contributed by atoms with Gasteiger partial charge in [0.1, 0.15) is 0 Å². The lowest BCUT2D eigenvalue weighted by Gasteiger charge is -1.95. The lowest BCUT2D eigenvalue weighted by molar-refractivity contribution is 0.0696. The highest BCUT2D eigenvalue weighted by Gasteiger charge is 2.06. The Morgan fingerprint density at radius 2 is 1.33 bits per heavy atom. The van der Waals surface area contributed by atoms with E-state index in [-0.39, 0.29) is 11.1 Å². The predicted molar refractivity (Wildman–Crippen MR) is 70.2 cm³/mol. The first-order chi connectivity index (χ1) is 8.52. The van der Waals surface area contributed by atoms with Crippen molar-refractivity contribution in [1.29, 1.82) is 0 Å². The second-order valence-electron chi connectivity index (χ2n) is 3.90. The van der Waals surface area contributed by atoms with Crippen molar-refractivity contribution in [2.75, 3.05) is 0 Å². The van der Waals surface area contributed by atoms with Gasteiger partial charge in [0.25, 0.3) is 0 Å². The van der Waals surface area contributed by atoms with Crippen molar-refractivity contribution in [3.63, 3.8) is 0 Å². The van der Waals surface area contributed by atoms with Gasteiger partial charge in [-0.05, 0) is 18.2 Å². The standard InChI is InChI=1S/C8H6O4.C6H14/c9-7(10)5-2-1-3-6(4-5)8(11)12;1-3-5-6-4-2/h1-4H,(H,9,10)(H,11,12);3-6H2,1-2H3. The summed E-state index contributed by atoms with van der Waals surface area (Å²) in [7, 11) is 0. The van der Waals surface area contributed by atoms with E-state index >= 15 is 0 Å². The maximum absolute atomic E-state index is 10.4. The largest absolute Gasteiger partial charge is 0.478 e. The van der Waals surface area contributed by atoms with Crippen LogP contribution < -0.4 is 0 Å². The molecule has 0 bridgehead atoms. The molecule has 0 unspecified atom stereocenters. The number of unbranched alkanes of at least 4 members (excludes halogenated alkanes) is 3. The Morgan fingerprint density at radius 1 is 0.944 bits per heavy atom. The molecule has 1 rings (SSSR count). The molecule has 0 aromatic heterocycles. The average molecular weight is 252 g/mol. The van der Waals surface area contributed by atoms with E-state index in [2.05, 4.69) is 13.8 Å². The van der Waals surface area contributed by atoms with Crippen LogP contribution in [-0.4, -0.2) is 22.2 Å². The highest BCUT2D eigenvalue weighted by Crippen LogP contribution is 2.04. The van der Waals surface area contributed by atoms with E-state index in [4.69, 9.17) is 10.2 Å². The third-order valence-corrected chi connectivity index (χ3v) is 2.31. The van der Waals surface area contributed by atoms with E-state index in [1.165, 1.54) is 43.9 Å². The molecular formula is C14H20O4. The van der Waals surface area contributed by atoms with Gasteiger partial charge in [0.2, 0.25) is 0 Å². The van der Waals surface area contributed by atoms with Crippen LogP contribution in [0, 0.1) is 0 Å². The number of carboxylic acid groups (broad SMARTS) is 2. The minimum Gasteiger partial charge on any atom is -0.478 e. The van der Waals surface area contributed by atoms with Crippen molar-refractivity contribution < 1.29 is 19.8 Å². The summed E-state index contributed by atoms with van der Waals surface area (Å²) in [6.07, 6.45) is 5.54. The molecule has 0 radical (unpaired) electrons. The number of carboxylic acids is 2. The van der Waals surface area contributed by atoms with Gasteiger partial charge in [-0.3, -0.25) is 0 Å². The molecule has 2 N–H and O–H groups in total. The van der Waals surface area contributed by atoms with Gasteiger partial charge < -0.3 is 10.2 Å². The second-order valence-corrected chi connectivity index (χ2v) is 3.90. The van der Waals surface area contributed by atoms with Crippen molar-refractivity contribution in [2.45, 2.75) is 39.5 Å². The average Bonchev–Trinajstić information content (AvgIpc) is 2.37. The third-order valence-electron chi connectivity index (χ3n) is 2.31. The van der Waals surface area contributed by atoms with Crippen LogP contribution in [0.25, 0.3) is 0 Å². The highest BCUT2D eigenvalue weighted by atomic mass is 16.4. The summed E-state index contributed by atoms with van der Waals surface area (Å²) < 4.78 is 0. The molecule has 0 amide bonds. The zero-order valence-electron chi connectivity index (χ0n) is 10.8. The fraction of sp³-hybridized carbons (Fsp3) is 0.429. The van der Waals surface area contributed by atoms with E-state index < -0.39 is 11.9 Å². The first-order valence-electron chi connectivity index (χ1n) is 6.09. The summed E-state index contributed by atoms with van der Waals surface area (Å²) in [5.41, 5.74) is -0.0372. The molecule has 0 saturated heterocycles. The fourth-order valence-corrected chi connectivity index (χ4v) is 1.29. The maximum Gasteiger partial charge on any atom is 0.335 e. The van der Waals surface area contributed by atoms with Crippen LogP contribution in [0.15, 0.2) is 24.3 Å². The molecule has 0 aliphatic carbocycles. The normalized spacial score (nSPS) is 9.22. The number of hydrogen-bond donors (Lipinski definition) is 2. The minimum atomic E-state index is -1.13. The summed E-state index contributed by atoms with van der Waals surface area (Å²) >= 11 is 0. The van der Waals surface area contributed by atoms with Gasteiger partial charge in [-0.15, -0.1) is 0 Å². The Balaban J connectivity index is 0.000000411. The Bertz CT molecular complexity index is 352. The van der Waals surface area contributed by atoms with Gasteiger partial charge in [-0.2, -0.15) is 0 Å². The molecule has 100 valence electrons. The van der Waals surface area contributed by atoms with Gasteiger partial charge in [-0.1, -0.05) is 45.6 Å². The van der Waals surface area contributed by atoms with Gasteiger partial charge in [0, 0.05) is 0 Å². The molecule has 0 atom stereocenters. The highest BCUT2D eigenvalue weighted by molar-refractivity contribution is 5.93. The Labute approximate surface area is 107 Å². The molecule has 0 heterocycles. The van der Waals surface area contributed by atoms with E-state index in [9.17, 15) is 9.59 Å². The SMILES string of the molecule is CCCCCC.O=C(O)c1cccc(C(=O)O)c1. The molecule has 18 heavy (non-hydrogen) atoms. The number of rotatable bonds is 5. The third kappa shape index (κ3) is 6.68. The van der Waals surface area contributed by atoms with E-state index in [1.807, 2.05) is 0 Å². The van der Waals surface area contributed by atoms with Crippen molar-refractivity contribution in [3.8, 4) is 0 Å². The summed E-state index contributed by atoms with van der Waals surface area (Å²) in [6.45, 7) is 4.46. The number of hydrogen-bond acceptors (Lipinski definition) is 2. The number of benzene rings is 1. The van der Waals surface area contributed by atoms with Crippen molar-refractivity contribution in [2.24, 2.45) is 0 Å². The molecule has 1 aromatic carbocycles. The molecule has 4 nitrogen and oxygen atoms in total. The summed E-state index contributed by atoms with van der Waals surface area (Å²) in [5, 5.41) is 17.0. The molecule has 0 spiro atoms. The Hall–Kier alpha value is -1.84. The minimum absolute atomic E-state index is 0.0186. The lowest BCUT2D eigenvalue weighted by atomic mass is 10.1. The van der Waals surface area contributed by atoms with Crippen LogP contribution in [-0.2, 0) is 0 Å². The van der Waals surface area contributed by atoms with Crippen molar-refractivity contribution in [3.05, 3.63) is 35.4 Å². The second kappa shape index (κ2) is 9.22. The monoisotopic (exact) mass is 252 g/mol. The lowest BCUT2D eigenvalue weighted by Crippen LogP contribution is -2.01. The van der Waals surface area contributed by atoms with Crippen LogP contribution >= 0.6 is 0 Å². The molecular weight excluding hydrogens is 232 g/mol. The van der Waals surface area contributed by atoms with Gasteiger partial charge in [0.05, 0.1) is 11.1 Å². The molecule has 0 aliphatic heterocycles. The van der Waals surface area contributed by atoms with Crippen LogP contribution in [0.4, 0.5) is 0 Å². The zero-order chi connectivity index (χ0) is 14.0. The topological polar surface area (TPSA) is 74.6 Å². The summed E-state index contributed by atoms with van der Waals surface area (Å²) in [6, 6.07) is 5.20. The first kappa shape index (κ1) is 16.2. The summed E-state index contributed by atoms with van der Waals surface area (Å²) in [5.74, 6) is -2.25. The number of carbonyl (C=O) groups is 2. The maximum atomic E-state index is 10.4. The Kier molecular flexibility index (Phi) is 8.27. The van der Waals surface area contributed by atoms with Crippen LogP contribution in [0.3, 0.4) is 0 Å². The van der Waals surface area contributed by atoms with Crippen molar-refractivity contribution >= 4 is 11.9 Å². The smallest absolute Gasteiger partial charge is 0.335 e. The predicted octanol–water partition coefficient (Wildman–Crippen LogP) is 3.67. The van der Waals surface area contributed by atoms with Crippen molar-refractivity contribution in [1.82, 2.24) is 0 Å². The van der Waals surface area contributed by atoms with Gasteiger partial charge >= 0.3 is 11.9 Å². The van der Waals surface area contributed by atoms with Gasteiger partial charge in [0.15, 0.2) is 0 Å². The molecule has 4 heteroatoms. The van der Waals surface area contributed by atoms with Crippen LogP contribution in [0.5, 0.6) is 0 Å². The van der Waals surface area contributed by atoms with Crippen LogP contribution in [0.2, 0.25) is 0 Å². The summed E-state index contributed by atoms with van der Waals surface area (Å²) in [4.78, 5) is 20.8. The van der Waals surface area contributed by atoms with Gasteiger partial charge in [-0.25, -0.2) is 9.59 Å². The quantitative estimate of drug-likeness (QED) is 0.784. The first-order valence-corrected chi connectivity index (χ1v) is 6.09.